The molecule has 1 aliphatic carbocycles. The summed E-state index contributed by atoms with van der Waals surface area (Å²) in [7, 11) is 2.08. The predicted octanol–water partition coefficient (Wildman–Crippen LogP) is 2.93. The van der Waals surface area contributed by atoms with Gasteiger partial charge in [0.05, 0.1) is 0 Å². The molecule has 1 aliphatic rings. The van der Waals surface area contributed by atoms with Crippen molar-refractivity contribution < 1.29 is 0 Å². The summed E-state index contributed by atoms with van der Waals surface area (Å²) < 4.78 is 0. The Hall–Kier alpha value is -0.820. The van der Waals surface area contributed by atoms with E-state index in [1.165, 1.54) is 36.8 Å². The lowest BCUT2D eigenvalue weighted by atomic mass is 10.0. The van der Waals surface area contributed by atoms with Gasteiger partial charge in [0, 0.05) is 6.04 Å². The molecule has 1 nitrogen and oxygen atoms in total. The van der Waals surface area contributed by atoms with Gasteiger partial charge in [0.2, 0.25) is 0 Å². The average Bonchev–Trinajstić information content (AvgIpc) is 3.04. The smallest absolute Gasteiger partial charge is 0.0107 e. The second-order valence-corrected chi connectivity index (χ2v) is 4.85. The van der Waals surface area contributed by atoms with Crippen molar-refractivity contribution in [1.29, 1.82) is 0 Å². The van der Waals surface area contributed by atoms with Crippen LogP contribution in [0.4, 0.5) is 0 Å². The monoisotopic (exact) mass is 203 g/mol. The van der Waals surface area contributed by atoms with Gasteiger partial charge in [-0.1, -0.05) is 42.7 Å². The van der Waals surface area contributed by atoms with Crippen molar-refractivity contribution in [2.75, 3.05) is 7.05 Å². The summed E-state index contributed by atoms with van der Waals surface area (Å²) in [6.45, 7) is 2.14. The quantitative estimate of drug-likeness (QED) is 0.776. The first-order chi connectivity index (χ1) is 7.28. The highest BCUT2D eigenvalue weighted by molar-refractivity contribution is 5.22. The van der Waals surface area contributed by atoms with Crippen LogP contribution in [0.25, 0.3) is 0 Å². The Morgan fingerprint density at radius 1 is 1.27 bits per heavy atom. The minimum atomic E-state index is 0.667. The maximum atomic E-state index is 3.44. The Balaban J connectivity index is 1.89. The van der Waals surface area contributed by atoms with Crippen molar-refractivity contribution in [3.63, 3.8) is 0 Å². The van der Waals surface area contributed by atoms with Crippen LogP contribution in [-0.2, 0) is 6.42 Å². The average molecular weight is 203 g/mol. The van der Waals surface area contributed by atoms with Crippen LogP contribution in [0.1, 0.15) is 30.4 Å². The minimum absolute atomic E-state index is 0.667. The second kappa shape index (κ2) is 4.80. The molecule has 82 valence electrons. The number of nitrogens with one attached hydrogen (secondary N) is 1. The van der Waals surface area contributed by atoms with Gasteiger partial charge < -0.3 is 5.32 Å². The van der Waals surface area contributed by atoms with E-state index >= 15 is 0 Å². The highest BCUT2D eigenvalue weighted by Crippen LogP contribution is 2.34. The molecular weight excluding hydrogens is 182 g/mol. The van der Waals surface area contributed by atoms with Crippen molar-refractivity contribution in [2.24, 2.45) is 5.92 Å². The largest absolute Gasteiger partial charge is 0.317 e. The number of hydrogen-bond acceptors (Lipinski definition) is 1. The summed E-state index contributed by atoms with van der Waals surface area (Å²) in [6.07, 6.45) is 5.43. The molecule has 0 spiro atoms. The van der Waals surface area contributed by atoms with Crippen LogP contribution in [0.2, 0.25) is 0 Å². The maximum absolute atomic E-state index is 3.44. The van der Waals surface area contributed by atoms with Crippen molar-refractivity contribution in [2.45, 2.75) is 38.6 Å². The Kier molecular flexibility index (Phi) is 3.42. The molecule has 0 radical (unpaired) electrons. The van der Waals surface area contributed by atoms with Gasteiger partial charge in [-0.2, -0.15) is 0 Å². The molecule has 0 bridgehead atoms. The van der Waals surface area contributed by atoms with E-state index in [-0.39, 0.29) is 0 Å². The Bertz CT molecular complexity index is 298. The lowest BCUT2D eigenvalue weighted by Gasteiger charge is -2.15. The topological polar surface area (TPSA) is 12.0 Å². The summed E-state index contributed by atoms with van der Waals surface area (Å²) in [5.74, 6) is 1.01. The first-order valence-corrected chi connectivity index (χ1v) is 6.00. The number of likely N-dealkylation sites (N-methyl/N-ethyl adjacent to an activating group) is 1. The highest BCUT2D eigenvalue weighted by Gasteiger charge is 2.24. The molecule has 1 saturated carbocycles. The van der Waals surface area contributed by atoms with Crippen LogP contribution in [0, 0.1) is 12.8 Å². The molecule has 0 heterocycles. The van der Waals surface area contributed by atoms with Crippen LogP contribution < -0.4 is 5.32 Å². The molecule has 0 saturated heterocycles. The zero-order valence-corrected chi connectivity index (χ0v) is 9.79. The molecule has 0 aromatic heterocycles. The molecule has 1 fully saturated rings. The molecule has 1 atom stereocenters. The second-order valence-electron chi connectivity index (χ2n) is 4.85. The van der Waals surface area contributed by atoms with Crippen molar-refractivity contribution >= 4 is 0 Å². The van der Waals surface area contributed by atoms with Crippen LogP contribution in [0.3, 0.4) is 0 Å². The lowest BCUT2D eigenvalue weighted by Crippen LogP contribution is -2.28. The van der Waals surface area contributed by atoms with Gasteiger partial charge in [-0.25, -0.2) is 0 Å². The van der Waals surface area contributed by atoms with E-state index in [4.69, 9.17) is 0 Å². The van der Waals surface area contributed by atoms with Gasteiger partial charge in [-0.15, -0.1) is 0 Å². The van der Waals surface area contributed by atoms with E-state index < -0.39 is 0 Å². The molecule has 0 aliphatic heterocycles. The van der Waals surface area contributed by atoms with Gasteiger partial charge in [0.15, 0.2) is 0 Å². The summed E-state index contributed by atoms with van der Waals surface area (Å²) in [5.41, 5.74) is 2.81. The first kappa shape index (κ1) is 10.7. The zero-order valence-electron chi connectivity index (χ0n) is 9.79. The summed E-state index contributed by atoms with van der Waals surface area (Å²) in [5, 5.41) is 3.44. The van der Waals surface area contributed by atoms with Crippen LogP contribution in [-0.4, -0.2) is 13.1 Å². The summed E-state index contributed by atoms with van der Waals surface area (Å²) in [4.78, 5) is 0. The summed E-state index contributed by atoms with van der Waals surface area (Å²) >= 11 is 0. The van der Waals surface area contributed by atoms with E-state index in [0.717, 1.165) is 5.92 Å². The van der Waals surface area contributed by atoms with Crippen LogP contribution in [0.5, 0.6) is 0 Å². The van der Waals surface area contributed by atoms with Crippen molar-refractivity contribution in [3.8, 4) is 0 Å². The molecule has 1 N–H and O–H groups in total. The zero-order chi connectivity index (χ0) is 10.7. The van der Waals surface area contributed by atoms with Gasteiger partial charge in [0.25, 0.3) is 0 Å². The van der Waals surface area contributed by atoms with E-state index in [1.807, 2.05) is 0 Å². The number of aryl methyl sites for hydroxylation is 1. The fraction of sp³-hybridized carbons (Fsp3) is 0.571. The minimum Gasteiger partial charge on any atom is -0.317 e. The first-order valence-electron chi connectivity index (χ1n) is 6.00. The maximum Gasteiger partial charge on any atom is 0.0107 e. The van der Waals surface area contributed by atoms with E-state index in [0.29, 0.717) is 6.04 Å². The SMILES string of the molecule is CNC(Cc1ccc(C)cc1)CC1CC1. The number of hydrogen-bond donors (Lipinski definition) is 1. The fourth-order valence-corrected chi connectivity index (χ4v) is 2.07. The molecule has 2 rings (SSSR count). The molecular formula is C14H21N. The molecule has 1 heteroatoms. The Morgan fingerprint density at radius 3 is 2.47 bits per heavy atom. The van der Waals surface area contributed by atoms with Crippen molar-refractivity contribution in [1.82, 2.24) is 5.32 Å². The molecule has 15 heavy (non-hydrogen) atoms. The van der Waals surface area contributed by atoms with Gasteiger partial charge in [-0.05, 0) is 38.3 Å². The molecule has 0 amide bonds. The lowest BCUT2D eigenvalue weighted by molar-refractivity contribution is 0.490. The highest BCUT2D eigenvalue weighted by atomic mass is 14.9. The van der Waals surface area contributed by atoms with Gasteiger partial charge in [0.1, 0.15) is 0 Å². The Labute approximate surface area is 92.9 Å². The fourth-order valence-electron chi connectivity index (χ4n) is 2.07. The van der Waals surface area contributed by atoms with Crippen LogP contribution >= 0.6 is 0 Å². The van der Waals surface area contributed by atoms with E-state index in [1.54, 1.807) is 0 Å². The van der Waals surface area contributed by atoms with E-state index in [2.05, 4.69) is 43.6 Å². The molecule has 1 unspecified atom stereocenters. The van der Waals surface area contributed by atoms with E-state index in [9.17, 15) is 0 Å². The number of benzene rings is 1. The third-order valence-electron chi connectivity index (χ3n) is 3.33. The van der Waals surface area contributed by atoms with Gasteiger partial charge in [-0.3, -0.25) is 0 Å². The van der Waals surface area contributed by atoms with Gasteiger partial charge >= 0.3 is 0 Å². The normalized spacial score (nSPS) is 17.7. The molecule has 1 aromatic rings. The predicted molar refractivity (Wildman–Crippen MR) is 65.1 cm³/mol. The standard InChI is InChI=1S/C14H21N/c1-11-3-5-12(6-4-11)9-14(15-2)10-13-7-8-13/h3-6,13-15H,7-10H2,1-2H3. The van der Waals surface area contributed by atoms with Crippen molar-refractivity contribution in [3.05, 3.63) is 35.4 Å². The van der Waals surface area contributed by atoms with Crippen LogP contribution in [0.15, 0.2) is 24.3 Å². The Morgan fingerprint density at radius 2 is 1.93 bits per heavy atom. The molecule has 1 aromatic carbocycles. The third kappa shape index (κ3) is 3.35. The third-order valence-corrected chi connectivity index (χ3v) is 3.33. The summed E-state index contributed by atoms with van der Waals surface area (Å²) in [6, 6.07) is 9.59. The number of rotatable bonds is 5.